The maximum absolute atomic E-state index is 6.15. The summed E-state index contributed by atoms with van der Waals surface area (Å²) < 4.78 is 10.6. The lowest BCUT2D eigenvalue weighted by molar-refractivity contribution is 0.355. The van der Waals surface area contributed by atoms with Crippen molar-refractivity contribution in [3.05, 3.63) is 53.9 Å². The highest BCUT2D eigenvalue weighted by Crippen LogP contribution is 2.32. The third-order valence-electron chi connectivity index (χ3n) is 3.29. The van der Waals surface area contributed by atoms with Gasteiger partial charge in [0.25, 0.3) is 0 Å². The molecule has 6 heteroatoms. The molecule has 0 bridgehead atoms. The summed E-state index contributed by atoms with van der Waals surface area (Å²) in [4.78, 5) is 12.9. The summed E-state index contributed by atoms with van der Waals surface area (Å²) in [7, 11) is 3.19. The summed E-state index contributed by atoms with van der Waals surface area (Å²) in [6, 6.07) is 11.0. The number of halogens is 1. The van der Waals surface area contributed by atoms with Crippen molar-refractivity contribution in [1.29, 1.82) is 0 Å². The van der Waals surface area contributed by atoms with Crippen LogP contribution in [0.2, 0.25) is 5.15 Å². The minimum absolute atomic E-state index is 0.364. The minimum atomic E-state index is 0.364. The van der Waals surface area contributed by atoms with E-state index in [1.807, 2.05) is 30.3 Å². The zero-order valence-corrected chi connectivity index (χ0v) is 13.4. The van der Waals surface area contributed by atoms with E-state index < -0.39 is 0 Å². The zero-order valence-electron chi connectivity index (χ0n) is 12.7. The van der Waals surface area contributed by atoms with E-state index in [1.165, 1.54) is 0 Å². The Hall–Kier alpha value is -2.66. The molecule has 0 N–H and O–H groups in total. The standard InChI is InChI=1S/C17H14ClN3O2/c1-22-14-6-5-11(8-15(14)23-2)13-9-16(18)21-17(20-13)12-4-3-7-19-10-12/h3-10H,1-2H3. The van der Waals surface area contributed by atoms with Crippen LogP contribution >= 0.6 is 11.6 Å². The Morgan fingerprint density at radius 1 is 0.913 bits per heavy atom. The highest BCUT2D eigenvalue weighted by atomic mass is 35.5. The van der Waals surface area contributed by atoms with E-state index in [1.54, 1.807) is 32.7 Å². The van der Waals surface area contributed by atoms with Crippen LogP contribution in [-0.2, 0) is 0 Å². The number of rotatable bonds is 4. The molecule has 0 aliphatic heterocycles. The van der Waals surface area contributed by atoms with Crippen molar-refractivity contribution in [3.8, 4) is 34.1 Å². The fourth-order valence-corrected chi connectivity index (χ4v) is 2.37. The molecular weight excluding hydrogens is 314 g/mol. The van der Waals surface area contributed by atoms with E-state index in [0.717, 1.165) is 11.1 Å². The first-order chi connectivity index (χ1) is 11.2. The first-order valence-corrected chi connectivity index (χ1v) is 7.26. The maximum Gasteiger partial charge on any atom is 0.163 e. The lowest BCUT2D eigenvalue weighted by atomic mass is 10.1. The van der Waals surface area contributed by atoms with Crippen LogP contribution in [0.3, 0.4) is 0 Å². The zero-order chi connectivity index (χ0) is 16.2. The molecule has 0 aliphatic rings. The molecule has 0 saturated heterocycles. The third kappa shape index (κ3) is 3.24. The Morgan fingerprint density at radius 2 is 1.74 bits per heavy atom. The van der Waals surface area contributed by atoms with Crippen molar-refractivity contribution >= 4 is 11.6 Å². The van der Waals surface area contributed by atoms with E-state index in [-0.39, 0.29) is 0 Å². The Balaban J connectivity index is 2.09. The topological polar surface area (TPSA) is 57.1 Å². The van der Waals surface area contributed by atoms with Crippen LogP contribution in [0.4, 0.5) is 0 Å². The normalized spacial score (nSPS) is 10.4. The average Bonchev–Trinajstić information content (AvgIpc) is 2.61. The van der Waals surface area contributed by atoms with Crippen molar-refractivity contribution in [2.24, 2.45) is 0 Å². The van der Waals surface area contributed by atoms with Gasteiger partial charge in [-0.25, -0.2) is 9.97 Å². The summed E-state index contributed by atoms with van der Waals surface area (Å²) in [6.07, 6.45) is 3.40. The number of hydrogen-bond acceptors (Lipinski definition) is 5. The van der Waals surface area contributed by atoms with Gasteiger partial charge in [-0.2, -0.15) is 0 Å². The van der Waals surface area contributed by atoms with Gasteiger partial charge < -0.3 is 9.47 Å². The predicted molar refractivity (Wildman–Crippen MR) is 88.8 cm³/mol. The minimum Gasteiger partial charge on any atom is -0.493 e. The lowest BCUT2D eigenvalue weighted by Crippen LogP contribution is -1.95. The van der Waals surface area contributed by atoms with Gasteiger partial charge >= 0.3 is 0 Å². The summed E-state index contributed by atoms with van der Waals surface area (Å²) in [5.41, 5.74) is 2.36. The van der Waals surface area contributed by atoms with Gasteiger partial charge in [0.2, 0.25) is 0 Å². The van der Waals surface area contributed by atoms with Crippen molar-refractivity contribution in [2.45, 2.75) is 0 Å². The fourth-order valence-electron chi connectivity index (χ4n) is 2.19. The van der Waals surface area contributed by atoms with Crippen molar-refractivity contribution in [2.75, 3.05) is 14.2 Å². The van der Waals surface area contributed by atoms with Crippen LogP contribution in [0.1, 0.15) is 0 Å². The van der Waals surface area contributed by atoms with Gasteiger partial charge in [0.1, 0.15) is 5.15 Å². The molecule has 2 heterocycles. The number of pyridine rings is 1. The van der Waals surface area contributed by atoms with Crippen molar-refractivity contribution < 1.29 is 9.47 Å². The Kier molecular flexibility index (Phi) is 4.39. The number of nitrogens with zero attached hydrogens (tertiary/aromatic N) is 3. The lowest BCUT2D eigenvalue weighted by Gasteiger charge is -2.10. The van der Waals surface area contributed by atoms with E-state index in [4.69, 9.17) is 21.1 Å². The summed E-state index contributed by atoms with van der Waals surface area (Å²) in [5, 5.41) is 0.364. The predicted octanol–water partition coefficient (Wildman–Crippen LogP) is 3.88. The molecule has 2 aromatic heterocycles. The summed E-state index contributed by atoms with van der Waals surface area (Å²) in [6.45, 7) is 0. The van der Waals surface area contributed by atoms with Gasteiger partial charge in [0.05, 0.1) is 19.9 Å². The molecule has 0 spiro atoms. The van der Waals surface area contributed by atoms with E-state index in [0.29, 0.717) is 28.2 Å². The van der Waals surface area contributed by atoms with Gasteiger partial charge in [-0.1, -0.05) is 11.6 Å². The third-order valence-corrected chi connectivity index (χ3v) is 3.49. The van der Waals surface area contributed by atoms with Crippen molar-refractivity contribution in [3.63, 3.8) is 0 Å². The molecule has 0 atom stereocenters. The molecule has 0 fully saturated rings. The van der Waals surface area contributed by atoms with Gasteiger partial charge in [0, 0.05) is 29.6 Å². The molecule has 23 heavy (non-hydrogen) atoms. The smallest absolute Gasteiger partial charge is 0.163 e. The second-order valence-corrected chi connectivity index (χ2v) is 5.10. The number of aromatic nitrogens is 3. The highest BCUT2D eigenvalue weighted by molar-refractivity contribution is 6.29. The molecule has 0 radical (unpaired) electrons. The Labute approximate surface area is 138 Å². The first kappa shape index (κ1) is 15.2. The van der Waals surface area contributed by atoms with Gasteiger partial charge in [0.15, 0.2) is 17.3 Å². The van der Waals surface area contributed by atoms with Gasteiger partial charge in [-0.05, 0) is 30.3 Å². The van der Waals surface area contributed by atoms with E-state index >= 15 is 0 Å². The second kappa shape index (κ2) is 6.62. The Bertz CT molecular complexity index is 825. The van der Waals surface area contributed by atoms with Crippen LogP contribution in [0, 0.1) is 0 Å². The van der Waals surface area contributed by atoms with Crippen LogP contribution in [-0.4, -0.2) is 29.2 Å². The van der Waals surface area contributed by atoms with Gasteiger partial charge in [-0.3, -0.25) is 4.98 Å². The highest BCUT2D eigenvalue weighted by Gasteiger charge is 2.11. The molecule has 3 rings (SSSR count). The quantitative estimate of drug-likeness (QED) is 0.681. The molecule has 3 aromatic rings. The van der Waals surface area contributed by atoms with Crippen LogP contribution in [0.25, 0.3) is 22.6 Å². The van der Waals surface area contributed by atoms with Crippen LogP contribution in [0.15, 0.2) is 48.8 Å². The molecule has 0 unspecified atom stereocenters. The number of hydrogen-bond donors (Lipinski definition) is 0. The fraction of sp³-hybridized carbons (Fsp3) is 0.118. The Morgan fingerprint density at radius 3 is 2.43 bits per heavy atom. The molecular formula is C17H14ClN3O2. The summed E-state index contributed by atoms with van der Waals surface area (Å²) >= 11 is 6.15. The van der Waals surface area contributed by atoms with Gasteiger partial charge in [-0.15, -0.1) is 0 Å². The maximum atomic E-state index is 6.15. The average molecular weight is 328 g/mol. The molecule has 0 saturated carbocycles. The largest absolute Gasteiger partial charge is 0.493 e. The SMILES string of the molecule is COc1ccc(-c2cc(Cl)nc(-c3cccnc3)n2)cc1OC. The number of ether oxygens (including phenoxy) is 2. The molecule has 0 aliphatic carbocycles. The van der Waals surface area contributed by atoms with Crippen LogP contribution in [0.5, 0.6) is 11.5 Å². The second-order valence-electron chi connectivity index (χ2n) is 4.71. The first-order valence-electron chi connectivity index (χ1n) is 6.88. The van der Waals surface area contributed by atoms with Crippen LogP contribution < -0.4 is 9.47 Å². The molecule has 5 nitrogen and oxygen atoms in total. The molecule has 1 aromatic carbocycles. The van der Waals surface area contributed by atoms with Crippen molar-refractivity contribution in [1.82, 2.24) is 15.0 Å². The molecule has 0 amide bonds. The number of benzene rings is 1. The monoisotopic (exact) mass is 327 g/mol. The summed E-state index contributed by atoms with van der Waals surface area (Å²) in [5.74, 6) is 1.81. The number of methoxy groups -OCH3 is 2. The van der Waals surface area contributed by atoms with E-state index in [9.17, 15) is 0 Å². The molecule has 116 valence electrons. The van der Waals surface area contributed by atoms with E-state index in [2.05, 4.69) is 15.0 Å².